The van der Waals surface area contributed by atoms with Crippen LogP contribution in [0.1, 0.15) is 72.9 Å². The van der Waals surface area contributed by atoms with E-state index in [0.717, 1.165) is 32.1 Å². The number of ether oxygens (including phenoxy) is 2. The van der Waals surface area contributed by atoms with Gasteiger partial charge in [0.15, 0.2) is 0 Å². The zero-order valence-electron chi connectivity index (χ0n) is 18.1. The van der Waals surface area contributed by atoms with Crippen LogP contribution in [-0.4, -0.2) is 36.1 Å². The van der Waals surface area contributed by atoms with Gasteiger partial charge in [0, 0.05) is 24.5 Å². The van der Waals surface area contributed by atoms with Gasteiger partial charge >= 0.3 is 0 Å². The quantitative estimate of drug-likeness (QED) is 0.640. The van der Waals surface area contributed by atoms with Gasteiger partial charge in [-0.1, -0.05) is 6.92 Å². The van der Waals surface area contributed by atoms with Crippen LogP contribution in [0.3, 0.4) is 0 Å². The summed E-state index contributed by atoms with van der Waals surface area (Å²) in [6.45, 7) is 2.05. The average Bonchev–Trinajstić information content (AvgIpc) is 2.81. The van der Waals surface area contributed by atoms with Crippen molar-refractivity contribution in [1.29, 1.82) is 0 Å². The largest absolute Gasteiger partial charge is 0.481 e. The van der Waals surface area contributed by atoms with E-state index in [-0.39, 0.29) is 29.3 Å². The molecule has 1 amide bonds. The Morgan fingerprint density at radius 2 is 1.87 bits per heavy atom. The molecule has 0 aromatic carbocycles. The van der Waals surface area contributed by atoms with Gasteiger partial charge < -0.3 is 14.8 Å². The SMILES string of the molecule is CC[C@H](NC(=O)c1ccc(OC)nc1)[C@H]1CC[C@@H](c2ccnc(OC)c2C(F)F)CC1. The number of aromatic nitrogens is 2. The lowest BCUT2D eigenvalue weighted by Crippen LogP contribution is -2.41. The highest BCUT2D eigenvalue weighted by atomic mass is 19.3. The second-order valence-corrected chi connectivity index (χ2v) is 7.81. The lowest BCUT2D eigenvalue weighted by molar-refractivity contribution is 0.0908. The molecule has 168 valence electrons. The highest BCUT2D eigenvalue weighted by molar-refractivity contribution is 5.94. The highest BCUT2D eigenvalue weighted by Gasteiger charge is 2.32. The van der Waals surface area contributed by atoms with Gasteiger partial charge in [0.2, 0.25) is 11.8 Å². The minimum Gasteiger partial charge on any atom is -0.481 e. The van der Waals surface area contributed by atoms with E-state index in [2.05, 4.69) is 15.3 Å². The maximum atomic E-state index is 13.7. The van der Waals surface area contributed by atoms with Crippen LogP contribution in [0.2, 0.25) is 0 Å². The molecule has 2 heterocycles. The Kier molecular flexibility index (Phi) is 7.76. The Hall–Kier alpha value is -2.77. The van der Waals surface area contributed by atoms with Crippen LogP contribution in [-0.2, 0) is 0 Å². The van der Waals surface area contributed by atoms with Crippen molar-refractivity contribution in [3.05, 3.63) is 47.3 Å². The van der Waals surface area contributed by atoms with Crippen molar-refractivity contribution in [2.45, 2.75) is 57.4 Å². The fraction of sp³-hybridized carbons (Fsp3) is 0.522. The lowest BCUT2D eigenvalue weighted by Gasteiger charge is -2.34. The molecular formula is C23H29F2N3O3. The predicted octanol–water partition coefficient (Wildman–Crippen LogP) is 4.91. The second-order valence-electron chi connectivity index (χ2n) is 7.81. The van der Waals surface area contributed by atoms with Crippen molar-refractivity contribution in [3.8, 4) is 11.8 Å². The molecule has 1 saturated carbocycles. The van der Waals surface area contributed by atoms with Gasteiger partial charge in [-0.25, -0.2) is 18.7 Å². The second kappa shape index (κ2) is 10.5. The van der Waals surface area contributed by atoms with Gasteiger partial charge in [0.25, 0.3) is 12.3 Å². The molecule has 1 aliphatic rings. The summed E-state index contributed by atoms with van der Waals surface area (Å²) in [5.74, 6) is 0.633. The van der Waals surface area contributed by atoms with Gasteiger partial charge in [-0.2, -0.15) is 0 Å². The smallest absolute Gasteiger partial charge is 0.269 e. The first kappa shape index (κ1) is 22.9. The summed E-state index contributed by atoms with van der Waals surface area (Å²) in [7, 11) is 2.89. The van der Waals surface area contributed by atoms with E-state index in [1.54, 1.807) is 18.2 Å². The number of rotatable bonds is 8. The molecule has 0 bridgehead atoms. The molecule has 0 radical (unpaired) electrons. The maximum Gasteiger partial charge on any atom is 0.269 e. The van der Waals surface area contributed by atoms with Gasteiger partial charge in [-0.15, -0.1) is 0 Å². The molecule has 1 atom stereocenters. The van der Waals surface area contributed by atoms with E-state index >= 15 is 0 Å². The maximum absolute atomic E-state index is 13.7. The summed E-state index contributed by atoms with van der Waals surface area (Å²) in [6, 6.07) is 5.06. The Bertz CT molecular complexity index is 869. The van der Waals surface area contributed by atoms with Crippen LogP contribution in [0.4, 0.5) is 8.78 Å². The molecule has 0 saturated heterocycles. The first-order valence-corrected chi connectivity index (χ1v) is 10.6. The Labute approximate surface area is 181 Å². The number of carbonyl (C=O) groups is 1. The van der Waals surface area contributed by atoms with E-state index < -0.39 is 6.43 Å². The third-order valence-corrected chi connectivity index (χ3v) is 6.14. The molecule has 3 rings (SSSR count). The molecule has 2 aromatic heterocycles. The number of nitrogens with zero attached hydrogens (tertiary/aromatic N) is 2. The molecule has 0 unspecified atom stereocenters. The standard InChI is InChI=1S/C23H29F2N3O3/c1-4-18(28-22(29)16-9-10-19(30-2)27-13-16)15-7-5-14(6-8-15)17-11-12-26-23(31-3)20(17)21(24)25/h9-15,18,21H,4-8H2,1-3H3,(H,28,29)/t14-,15+,18-/m0/s1. The number of alkyl halides is 2. The van der Waals surface area contributed by atoms with Crippen LogP contribution in [0.25, 0.3) is 0 Å². The Balaban J connectivity index is 1.64. The van der Waals surface area contributed by atoms with Crippen LogP contribution < -0.4 is 14.8 Å². The third-order valence-electron chi connectivity index (χ3n) is 6.14. The van der Waals surface area contributed by atoms with Crippen molar-refractivity contribution < 1.29 is 23.0 Å². The normalized spacial score (nSPS) is 19.7. The van der Waals surface area contributed by atoms with Crippen LogP contribution in [0.5, 0.6) is 11.8 Å². The van der Waals surface area contributed by atoms with Crippen molar-refractivity contribution in [2.75, 3.05) is 14.2 Å². The highest BCUT2D eigenvalue weighted by Crippen LogP contribution is 2.42. The molecule has 8 heteroatoms. The summed E-state index contributed by atoms with van der Waals surface area (Å²) in [6.07, 6.45) is 4.50. The van der Waals surface area contributed by atoms with Gasteiger partial charge in [0.05, 0.1) is 25.3 Å². The molecule has 0 spiro atoms. The molecule has 0 aliphatic heterocycles. The van der Waals surface area contributed by atoms with Crippen molar-refractivity contribution in [1.82, 2.24) is 15.3 Å². The average molecular weight is 433 g/mol. The molecule has 1 aliphatic carbocycles. The lowest BCUT2D eigenvalue weighted by atomic mass is 9.74. The van der Waals surface area contributed by atoms with Crippen LogP contribution in [0, 0.1) is 5.92 Å². The number of nitrogens with one attached hydrogen (secondary N) is 1. The van der Waals surface area contributed by atoms with E-state index in [4.69, 9.17) is 9.47 Å². The fourth-order valence-electron chi connectivity index (χ4n) is 4.48. The van der Waals surface area contributed by atoms with Crippen molar-refractivity contribution in [3.63, 3.8) is 0 Å². The molecule has 6 nitrogen and oxygen atoms in total. The van der Waals surface area contributed by atoms with Gasteiger partial charge in [-0.3, -0.25) is 4.79 Å². The number of hydrogen-bond acceptors (Lipinski definition) is 5. The van der Waals surface area contributed by atoms with Gasteiger partial charge in [-0.05, 0) is 61.6 Å². The summed E-state index contributed by atoms with van der Waals surface area (Å²) in [4.78, 5) is 20.7. The summed E-state index contributed by atoms with van der Waals surface area (Å²) >= 11 is 0. The molecule has 1 N–H and O–H groups in total. The number of amides is 1. The third kappa shape index (κ3) is 5.29. The first-order valence-electron chi connectivity index (χ1n) is 10.6. The Morgan fingerprint density at radius 3 is 2.42 bits per heavy atom. The van der Waals surface area contributed by atoms with Gasteiger partial charge in [0.1, 0.15) is 0 Å². The van der Waals surface area contributed by atoms with E-state index in [0.29, 0.717) is 22.9 Å². The monoisotopic (exact) mass is 433 g/mol. The van der Waals surface area contributed by atoms with E-state index in [9.17, 15) is 13.6 Å². The van der Waals surface area contributed by atoms with Crippen LogP contribution in [0.15, 0.2) is 30.6 Å². The fourth-order valence-corrected chi connectivity index (χ4v) is 4.48. The predicted molar refractivity (Wildman–Crippen MR) is 113 cm³/mol. The summed E-state index contributed by atoms with van der Waals surface area (Å²) < 4.78 is 37.4. The number of halogens is 2. The molecular weight excluding hydrogens is 404 g/mol. The van der Waals surface area contributed by atoms with Crippen molar-refractivity contribution in [2.24, 2.45) is 5.92 Å². The molecule has 2 aromatic rings. The van der Waals surface area contributed by atoms with E-state index in [1.807, 2.05) is 6.92 Å². The number of carbonyl (C=O) groups excluding carboxylic acids is 1. The topological polar surface area (TPSA) is 73.3 Å². The zero-order valence-corrected chi connectivity index (χ0v) is 18.1. The molecule has 31 heavy (non-hydrogen) atoms. The van der Waals surface area contributed by atoms with Crippen LogP contribution >= 0.6 is 0 Å². The number of hydrogen-bond donors (Lipinski definition) is 1. The minimum absolute atomic E-state index is 0.00132. The van der Waals surface area contributed by atoms with Crippen molar-refractivity contribution >= 4 is 5.91 Å². The minimum atomic E-state index is -2.63. The van der Waals surface area contributed by atoms with E-state index in [1.165, 1.54) is 26.6 Å². The zero-order chi connectivity index (χ0) is 22.4. The first-order chi connectivity index (χ1) is 15.0. The molecule has 1 fully saturated rings. The Morgan fingerprint density at radius 1 is 1.13 bits per heavy atom. The summed E-state index contributed by atoms with van der Waals surface area (Å²) in [5, 5.41) is 3.12. The number of methoxy groups -OCH3 is 2. The number of pyridine rings is 2. The summed E-state index contributed by atoms with van der Waals surface area (Å²) in [5.41, 5.74) is 1.01.